The molecule has 4 nitrogen and oxygen atoms in total. The van der Waals surface area contributed by atoms with Crippen LogP contribution in [0.25, 0.3) is 11.4 Å². The molecule has 1 N–H and O–H groups in total. The van der Waals surface area contributed by atoms with Crippen molar-refractivity contribution in [1.82, 2.24) is 15.5 Å². The first-order chi connectivity index (χ1) is 10.2. The van der Waals surface area contributed by atoms with Crippen molar-refractivity contribution in [3.8, 4) is 11.4 Å². The number of hydrogen-bond donors (Lipinski definition) is 1. The quantitative estimate of drug-likeness (QED) is 0.844. The van der Waals surface area contributed by atoms with Crippen LogP contribution in [0.4, 0.5) is 4.39 Å². The number of benzene rings is 1. The summed E-state index contributed by atoms with van der Waals surface area (Å²) in [6, 6.07) is 6.52. The second-order valence-electron chi connectivity index (χ2n) is 5.22. The predicted octanol–water partition coefficient (Wildman–Crippen LogP) is 3.76. The van der Waals surface area contributed by atoms with Crippen LogP contribution < -0.4 is 5.32 Å². The van der Waals surface area contributed by atoms with E-state index in [1.165, 1.54) is 12.1 Å². The van der Waals surface area contributed by atoms with Crippen molar-refractivity contribution in [2.45, 2.75) is 45.6 Å². The Balaban J connectivity index is 2.15. The van der Waals surface area contributed by atoms with Crippen molar-refractivity contribution in [3.05, 3.63) is 36.0 Å². The summed E-state index contributed by atoms with van der Waals surface area (Å²) in [7, 11) is 0. The first-order valence-corrected chi connectivity index (χ1v) is 7.48. The predicted molar refractivity (Wildman–Crippen MR) is 80.5 cm³/mol. The summed E-state index contributed by atoms with van der Waals surface area (Å²) in [4.78, 5) is 4.41. The minimum Gasteiger partial charge on any atom is -0.339 e. The van der Waals surface area contributed by atoms with Crippen molar-refractivity contribution >= 4 is 0 Å². The fraction of sp³-hybridized carbons (Fsp3) is 0.500. The highest BCUT2D eigenvalue weighted by atomic mass is 19.1. The Morgan fingerprint density at radius 3 is 2.81 bits per heavy atom. The molecule has 21 heavy (non-hydrogen) atoms. The molecular weight excluding hydrogens is 269 g/mol. The number of rotatable bonds is 7. The van der Waals surface area contributed by atoms with Gasteiger partial charge in [-0.2, -0.15) is 4.98 Å². The molecule has 0 bridgehead atoms. The van der Waals surface area contributed by atoms with E-state index in [4.69, 9.17) is 4.52 Å². The zero-order valence-corrected chi connectivity index (χ0v) is 12.8. The fourth-order valence-electron chi connectivity index (χ4n) is 2.34. The van der Waals surface area contributed by atoms with E-state index in [0.717, 1.165) is 19.4 Å². The Bertz CT molecular complexity index is 570. The molecule has 114 valence electrons. The molecule has 5 heteroatoms. The molecule has 1 heterocycles. The van der Waals surface area contributed by atoms with Gasteiger partial charge in [0.05, 0.1) is 5.92 Å². The number of nitrogens with one attached hydrogen (secondary N) is 1. The minimum atomic E-state index is -0.303. The molecule has 2 unspecified atom stereocenters. The summed E-state index contributed by atoms with van der Waals surface area (Å²) in [6.45, 7) is 7.31. The smallest absolute Gasteiger partial charge is 0.231 e. The van der Waals surface area contributed by atoms with Gasteiger partial charge in [-0.3, -0.25) is 0 Å². The number of aromatic nitrogens is 2. The van der Waals surface area contributed by atoms with Gasteiger partial charge in [-0.25, -0.2) is 4.39 Å². The molecule has 2 atom stereocenters. The van der Waals surface area contributed by atoms with E-state index in [-0.39, 0.29) is 11.7 Å². The lowest BCUT2D eigenvalue weighted by Gasteiger charge is -2.20. The van der Waals surface area contributed by atoms with Crippen molar-refractivity contribution in [1.29, 1.82) is 0 Å². The molecule has 0 aliphatic carbocycles. The first kappa shape index (κ1) is 15.6. The third-order valence-electron chi connectivity index (χ3n) is 3.61. The second-order valence-corrected chi connectivity index (χ2v) is 5.22. The number of hydrogen-bond acceptors (Lipinski definition) is 4. The summed E-state index contributed by atoms with van der Waals surface area (Å²) < 4.78 is 18.6. The fourth-order valence-corrected chi connectivity index (χ4v) is 2.34. The van der Waals surface area contributed by atoms with Gasteiger partial charge < -0.3 is 9.84 Å². The van der Waals surface area contributed by atoms with Crippen LogP contribution >= 0.6 is 0 Å². The molecule has 0 saturated carbocycles. The maximum atomic E-state index is 13.2. The van der Waals surface area contributed by atoms with Gasteiger partial charge in [-0.1, -0.05) is 38.1 Å². The van der Waals surface area contributed by atoms with Crippen LogP contribution in [0.5, 0.6) is 0 Å². The van der Waals surface area contributed by atoms with Gasteiger partial charge in [0.1, 0.15) is 5.82 Å². The highest BCUT2D eigenvalue weighted by Gasteiger charge is 2.22. The van der Waals surface area contributed by atoms with E-state index in [9.17, 15) is 4.39 Å². The summed E-state index contributed by atoms with van der Waals surface area (Å²) in [5, 5.41) is 7.45. The van der Waals surface area contributed by atoms with E-state index in [1.807, 2.05) is 0 Å². The standard InChI is InChI=1S/C16H22FN3O/c1-4-9-18-14(5-2)11(3)16-19-15(20-21-16)12-7-6-8-13(17)10-12/h6-8,10-11,14,18H,4-5,9H2,1-3H3. The van der Waals surface area contributed by atoms with Crippen LogP contribution in [0.2, 0.25) is 0 Å². The van der Waals surface area contributed by atoms with Crippen LogP contribution in [-0.2, 0) is 0 Å². The van der Waals surface area contributed by atoms with Crippen molar-refractivity contribution in [3.63, 3.8) is 0 Å². The second kappa shape index (κ2) is 7.31. The lowest BCUT2D eigenvalue weighted by Crippen LogP contribution is -2.33. The SMILES string of the molecule is CCCNC(CC)C(C)c1nc(-c2cccc(F)c2)no1. The molecule has 2 rings (SSSR count). The summed E-state index contributed by atoms with van der Waals surface area (Å²) >= 11 is 0. The zero-order chi connectivity index (χ0) is 15.2. The molecule has 1 aromatic carbocycles. The van der Waals surface area contributed by atoms with E-state index in [0.29, 0.717) is 23.3 Å². The lowest BCUT2D eigenvalue weighted by atomic mass is 9.99. The average Bonchev–Trinajstić information content (AvgIpc) is 2.97. The largest absolute Gasteiger partial charge is 0.339 e. The van der Waals surface area contributed by atoms with Gasteiger partial charge in [-0.05, 0) is 31.5 Å². The Kier molecular flexibility index (Phi) is 5.44. The monoisotopic (exact) mass is 291 g/mol. The van der Waals surface area contributed by atoms with Gasteiger partial charge in [0.2, 0.25) is 11.7 Å². The minimum absolute atomic E-state index is 0.122. The Hall–Kier alpha value is -1.75. The van der Waals surface area contributed by atoms with Crippen LogP contribution in [0.1, 0.15) is 45.4 Å². The van der Waals surface area contributed by atoms with Crippen molar-refractivity contribution < 1.29 is 8.91 Å². The van der Waals surface area contributed by atoms with Gasteiger partial charge in [0.15, 0.2) is 0 Å². The van der Waals surface area contributed by atoms with Gasteiger partial charge in [0.25, 0.3) is 0 Å². The summed E-state index contributed by atoms with van der Waals surface area (Å²) in [5.74, 6) is 0.839. The van der Waals surface area contributed by atoms with E-state index >= 15 is 0 Å². The lowest BCUT2D eigenvalue weighted by molar-refractivity contribution is 0.319. The van der Waals surface area contributed by atoms with E-state index in [2.05, 4.69) is 36.2 Å². The van der Waals surface area contributed by atoms with Crippen molar-refractivity contribution in [2.75, 3.05) is 6.54 Å². The molecule has 0 aliphatic rings. The molecule has 0 aliphatic heterocycles. The van der Waals surface area contributed by atoms with Gasteiger partial charge >= 0.3 is 0 Å². The zero-order valence-electron chi connectivity index (χ0n) is 12.8. The molecule has 1 aromatic heterocycles. The molecule has 0 amide bonds. The van der Waals surface area contributed by atoms with Crippen LogP contribution in [-0.4, -0.2) is 22.7 Å². The van der Waals surface area contributed by atoms with Gasteiger partial charge in [-0.15, -0.1) is 0 Å². The molecule has 0 saturated heterocycles. The Morgan fingerprint density at radius 2 is 2.14 bits per heavy atom. The maximum Gasteiger partial charge on any atom is 0.231 e. The van der Waals surface area contributed by atoms with Crippen LogP contribution in [0, 0.1) is 5.82 Å². The summed E-state index contributed by atoms with van der Waals surface area (Å²) in [5.41, 5.74) is 0.631. The molecule has 0 spiro atoms. The number of halogens is 1. The average molecular weight is 291 g/mol. The van der Waals surface area contributed by atoms with E-state index in [1.54, 1.807) is 12.1 Å². The molecule has 0 radical (unpaired) electrons. The highest BCUT2D eigenvalue weighted by molar-refractivity contribution is 5.53. The maximum absolute atomic E-state index is 13.2. The Morgan fingerprint density at radius 1 is 1.33 bits per heavy atom. The topological polar surface area (TPSA) is 51.0 Å². The van der Waals surface area contributed by atoms with Gasteiger partial charge in [0, 0.05) is 11.6 Å². The van der Waals surface area contributed by atoms with Crippen molar-refractivity contribution in [2.24, 2.45) is 0 Å². The molecule has 0 fully saturated rings. The van der Waals surface area contributed by atoms with Crippen LogP contribution in [0.15, 0.2) is 28.8 Å². The third kappa shape index (κ3) is 3.88. The Labute approximate surface area is 124 Å². The first-order valence-electron chi connectivity index (χ1n) is 7.48. The normalized spacial score (nSPS) is 14.1. The summed E-state index contributed by atoms with van der Waals surface area (Å²) in [6.07, 6.45) is 2.07. The van der Waals surface area contributed by atoms with E-state index < -0.39 is 0 Å². The number of nitrogens with zero attached hydrogens (tertiary/aromatic N) is 2. The van der Waals surface area contributed by atoms with Crippen LogP contribution in [0.3, 0.4) is 0 Å². The molecule has 2 aromatic rings. The molecular formula is C16H22FN3O. The third-order valence-corrected chi connectivity index (χ3v) is 3.61. The highest BCUT2D eigenvalue weighted by Crippen LogP contribution is 2.23.